The van der Waals surface area contributed by atoms with Gasteiger partial charge in [0, 0.05) is 25.4 Å². The number of hydrogen-bond acceptors (Lipinski definition) is 3. The van der Waals surface area contributed by atoms with Gasteiger partial charge in [-0.1, -0.05) is 24.3 Å². The largest absolute Gasteiger partial charge is 0.573 e. The zero-order valence-electron chi connectivity index (χ0n) is 13.0. The predicted molar refractivity (Wildman–Crippen MR) is 86.2 cm³/mol. The number of aliphatic hydroxyl groups is 1. The highest BCUT2D eigenvalue weighted by Crippen LogP contribution is 2.34. The fraction of sp³-hybridized carbons (Fsp3) is 0.333. The lowest BCUT2D eigenvalue weighted by atomic mass is 10.0. The van der Waals surface area contributed by atoms with Crippen molar-refractivity contribution in [1.29, 1.82) is 0 Å². The molecule has 1 N–H and O–H groups in total. The van der Waals surface area contributed by atoms with Gasteiger partial charge in [0.1, 0.15) is 5.75 Å². The number of benzene rings is 2. The fourth-order valence-corrected chi connectivity index (χ4v) is 2.97. The van der Waals surface area contributed by atoms with Crippen molar-refractivity contribution in [3.05, 3.63) is 48.0 Å². The van der Waals surface area contributed by atoms with Crippen LogP contribution in [0.3, 0.4) is 0 Å². The molecule has 1 heterocycles. The van der Waals surface area contributed by atoms with Crippen molar-refractivity contribution in [3.8, 4) is 16.9 Å². The van der Waals surface area contributed by atoms with Crippen molar-refractivity contribution < 1.29 is 23.0 Å². The van der Waals surface area contributed by atoms with Gasteiger partial charge in [0.25, 0.3) is 0 Å². The smallest absolute Gasteiger partial charge is 0.406 e. The quantitative estimate of drug-likeness (QED) is 0.895. The molecular formula is C18H18F3NO2. The summed E-state index contributed by atoms with van der Waals surface area (Å²) >= 11 is 0. The number of hydrogen-bond donors (Lipinski definition) is 1. The normalized spacial score (nSPS) is 13.9. The first-order chi connectivity index (χ1) is 11.5. The average Bonchev–Trinajstić information content (AvgIpc) is 2.94. The molecule has 0 saturated heterocycles. The molecule has 1 aliphatic heterocycles. The second-order valence-corrected chi connectivity index (χ2v) is 5.73. The van der Waals surface area contributed by atoms with Crippen LogP contribution in [0, 0.1) is 0 Å². The minimum absolute atomic E-state index is 0.159. The maximum atomic E-state index is 12.2. The molecule has 0 aromatic heterocycles. The van der Waals surface area contributed by atoms with Crippen molar-refractivity contribution in [2.75, 3.05) is 24.6 Å². The first-order valence-electron chi connectivity index (χ1n) is 7.81. The monoisotopic (exact) mass is 337 g/mol. The predicted octanol–water partition coefficient (Wildman–Crippen LogP) is 4.00. The van der Waals surface area contributed by atoms with Crippen LogP contribution in [0.25, 0.3) is 11.1 Å². The third-order valence-electron chi connectivity index (χ3n) is 4.08. The average molecular weight is 337 g/mol. The number of nitrogens with zero attached hydrogens (tertiary/aromatic N) is 1. The first-order valence-corrected chi connectivity index (χ1v) is 7.81. The Balaban J connectivity index is 1.80. The molecule has 2 aromatic rings. The van der Waals surface area contributed by atoms with E-state index in [0.717, 1.165) is 36.3 Å². The van der Waals surface area contributed by atoms with Crippen LogP contribution in [0.2, 0.25) is 0 Å². The number of halogens is 3. The maximum Gasteiger partial charge on any atom is 0.573 e. The number of fused-ring (bicyclic) bond motifs is 1. The molecular weight excluding hydrogens is 319 g/mol. The molecule has 2 aromatic carbocycles. The molecule has 3 rings (SSSR count). The van der Waals surface area contributed by atoms with E-state index in [-0.39, 0.29) is 12.4 Å². The van der Waals surface area contributed by atoms with Crippen LogP contribution in [-0.4, -0.2) is 31.2 Å². The van der Waals surface area contributed by atoms with E-state index in [1.807, 2.05) is 6.07 Å². The first kappa shape index (κ1) is 16.6. The van der Waals surface area contributed by atoms with Crippen LogP contribution >= 0.6 is 0 Å². The molecule has 0 saturated carbocycles. The second kappa shape index (κ2) is 6.73. The summed E-state index contributed by atoms with van der Waals surface area (Å²) in [6, 6.07) is 12.0. The molecule has 24 heavy (non-hydrogen) atoms. The Morgan fingerprint density at radius 3 is 2.42 bits per heavy atom. The van der Waals surface area contributed by atoms with Gasteiger partial charge in [-0.3, -0.25) is 0 Å². The van der Waals surface area contributed by atoms with E-state index < -0.39 is 6.36 Å². The Labute approximate surface area is 138 Å². The van der Waals surface area contributed by atoms with E-state index in [4.69, 9.17) is 5.11 Å². The minimum atomic E-state index is -4.68. The highest BCUT2D eigenvalue weighted by molar-refractivity contribution is 5.72. The van der Waals surface area contributed by atoms with Crippen molar-refractivity contribution in [1.82, 2.24) is 0 Å². The molecule has 0 unspecified atom stereocenters. The van der Waals surface area contributed by atoms with E-state index in [0.29, 0.717) is 6.42 Å². The summed E-state index contributed by atoms with van der Waals surface area (Å²) in [6.07, 6.45) is -2.99. The van der Waals surface area contributed by atoms with Crippen molar-refractivity contribution >= 4 is 5.69 Å². The van der Waals surface area contributed by atoms with E-state index in [9.17, 15) is 13.2 Å². The van der Waals surface area contributed by atoms with Crippen molar-refractivity contribution in [2.45, 2.75) is 19.2 Å². The highest BCUT2D eigenvalue weighted by atomic mass is 19.4. The van der Waals surface area contributed by atoms with Crippen molar-refractivity contribution in [3.63, 3.8) is 0 Å². The summed E-state index contributed by atoms with van der Waals surface area (Å²) in [5.74, 6) is -0.225. The van der Waals surface area contributed by atoms with Crippen LogP contribution in [0.15, 0.2) is 42.5 Å². The van der Waals surface area contributed by atoms with Gasteiger partial charge in [0.2, 0.25) is 0 Å². The summed E-state index contributed by atoms with van der Waals surface area (Å²) in [6.45, 7) is 1.88. The number of alkyl halides is 3. The van der Waals surface area contributed by atoms with Gasteiger partial charge in [0.15, 0.2) is 0 Å². The highest BCUT2D eigenvalue weighted by Gasteiger charge is 2.31. The Hall–Kier alpha value is -2.21. The van der Waals surface area contributed by atoms with E-state index >= 15 is 0 Å². The molecule has 6 heteroatoms. The molecule has 0 bridgehead atoms. The fourth-order valence-electron chi connectivity index (χ4n) is 2.97. The zero-order valence-corrected chi connectivity index (χ0v) is 13.0. The summed E-state index contributed by atoms with van der Waals surface area (Å²) in [5.41, 5.74) is 4.18. The zero-order chi connectivity index (χ0) is 17.2. The van der Waals surface area contributed by atoms with Crippen LogP contribution in [-0.2, 0) is 6.42 Å². The molecule has 0 atom stereocenters. The summed E-state index contributed by atoms with van der Waals surface area (Å²) < 4.78 is 40.5. The molecule has 3 nitrogen and oxygen atoms in total. The van der Waals surface area contributed by atoms with E-state index in [1.54, 1.807) is 12.1 Å². The van der Waals surface area contributed by atoms with Crippen LogP contribution in [0.5, 0.6) is 5.75 Å². The SMILES string of the molecule is OCCCN1CCc2ccc(-c3ccc(OC(F)(F)F)cc3)cc21. The number of rotatable bonds is 5. The molecule has 0 fully saturated rings. The Kier molecular flexibility index (Phi) is 4.66. The number of anilines is 1. The van der Waals surface area contributed by atoms with Gasteiger partial charge in [-0.05, 0) is 47.7 Å². The summed E-state index contributed by atoms with van der Waals surface area (Å²) in [5, 5.41) is 9.00. The number of aliphatic hydroxyl groups excluding tert-OH is 1. The molecule has 0 radical (unpaired) electrons. The lowest BCUT2D eigenvalue weighted by Crippen LogP contribution is -2.22. The molecule has 128 valence electrons. The standard InChI is InChI=1S/C18H18F3NO2/c19-18(20,21)24-16-6-4-13(5-7-16)15-3-2-14-8-10-22(9-1-11-23)17(14)12-15/h2-7,12,23H,1,8-11H2. The van der Waals surface area contributed by atoms with Gasteiger partial charge in [0.05, 0.1) is 0 Å². The van der Waals surface area contributed by atoms with Gasteiger partial charge in [-0.15, -0.1) is 13.2 Å². The lowest BCUT2D eigenvalue weighted by molar-refractivity contribution is -0.274. The lowest BCUT2D eigenvalue weighted by Gasteiger charge is -2.19. The molecule has 0 spiro atoms. The number of ether oxygens (including phenoxy) is 1. The topological polar surface area (TPSA) is 32.7 Å². The third-order valence-corrected chi connectivity index (χ3v) is 4.08. The third kappa shape index (κ3) is 3.82. The molecule has 0 aliphatic carbocycles. The summed E-state index contributed by atoms with van der Waals surface area (Å²) in [4.78, 5) is 2.23. The van der Waals surface area contributed by atoms with E-state index in [1.165, 1.54) is 17.7 Å². The van der Waals surface area contributed by atoms with Crippen LogP contribution in [0.1, 0.15) is 12.0 Å². The van der Waals surface area contributed by atoms with Crippen LogP contribution < -0.4 is 9.64 Å². The van der Waals surface area contributed by atoms with Gasteiger partial charge < -0.3 is 14.7 Å². The Morgan fingerprint density at radius 1 is 1.04 bits per heavy atom. The van der Waals surface area contributed by atoms with Gasteiger partial charge in [-0.25, -0.2) is 0 Å². The maximum absolute atomic E-state index is 12.2. The minimum Gasteiger partial charge on any atom is -0.406 e. The summed E-state index contributed by atoms with van der Waals surface area (Å²) in [7, 11) is 0. The van der Waals surface area contributed by atoms with Crippen molar-refractivity contribution in [2.24, 2.45) is 0 Å². The van der Waals surface area contributed by atoms with E-state index in [2.05, 4.69) is 21.8 Å². The van der Waals surface area contributed by atoms with Gasteiger partial charge in [-0.2, -0.15) is 0 Å². The Bertz CT molecular complexity index is 698. The second-order valence-electron chi connectivity index (χ2n) is 5.73. The van der Waals surface area contributed by atoms with Crippen LogP contribution in [0.4, 0.5) is 18.9 Å². The van der Waals surface area contributed by atoms with Gasteiger partial charge >= 0.3 is 6.36 Å². The molecule has 1 aliphatic rings. The Morgan fingerprint density at radius 2 is 1.75 bits per heavy atom. The molecule has 0 amide bonds.